The molecule has 3 aromatic rings. The Balaban J connectivity index is 1.82. The first-order valence-electron chi connectivity index (χ1n) is 9.99. The van der Waals surface area contributed by atoms with Crippen LogP contribution in [0.5, 0.6) is 11.5 Å². The van der Waals surface area contributed by atoms with E-state index in [1.165, 1.54) is 11.1 Å². The molecule has 0 radical (unpaired) electrons. The predicted octanol–water partition coefficient (Wildman–Crippen LogP) is 6.99. The number of anilines is 1. The van der Waals surface area contributed by atoms with E-state index in [1.54, 1.807) is 7.11 Å². The molecule has 0 atom stereocenters. The maximum Gasteiger partial charge on any atom is 0.165 e. The van der Waals surface area contributed by atoms with Crippen molar-refractivity contribution in [2.24, 2.45) is 0 Å². The van der Waals surface area contributed by atoms with Crippen molar-refractivity contribution in [3.8, 4) is 11.5 Å². The van der Waals surface area contributed by atoms with Gasteiger partial charge in [-0.3, -0.25) is 0 Å². The van der Waals surface area contributed by atoms with Gasteiger partial charge in [-0.15, -0.1) is 6.58 Å². The molecule has 0 aromatic heterocycles. The third-order valence-electron chi connectivity index (χ3n) is 4.95. The topological polar surface area (TPSA) is 30.5 Å². The van der Waals surface area contributed by atoms with Crippen molar-refractivity contribution in [1.29, 1.82) is 0 Å². The summed E-state index contributed by atoms with van der Waals surface area (Å²) in [6.07, 6.45) is 2.60. The molecule has 0 fully saturated rings. The maximum atomic E-state index is 6.18. The second kappa shape index (κ2) is 10.4. The monoisotopic (exact) mass is 465 g/mol. The number of ether oxygens (including phenoxy) is 2. The van der Waals surface area contributed by atoms with Crippen LogP contribution in [-0.4, -0.2) is 7.11 Å². The Hall–Kier alpha value is -2.72. The molecule has 3 rings (SSSR count). The van der Waals surface area contributed by atoms with Crippen LogP contribution in [-0.2, 0) is 19.6 Å². The lowest BCUT2D eigenvalue weighted by Crippen LogP contribution is -2.05. The summed E-state index contributed by atoms with van der Waals surface area (Å²) < 4.78 is 12.9. The number of allylic oxidation sites excluding steroid dienone is 1. The van der Waals surface area contributed by atoms with E-state index in [0.717, 1.165) is 38.3 Å². The smallest absolute Gasteiger partial charge is 0.165 e. The fourth-order valence-corrected chi connectivity index (χ4v) is 3.57. The van der Waals surface area contributed by atoms with E-state index in [9.17, 15) is 0 Å². The number of benzene rings is 3. The van der Waals surface area contributed by atoms with Crippen molar-refractivity contribution in [2.45, 2.75) is 33.4 Å². The normalized spacial score (nSPS) is 10.5. The predicted molar refractivity (Wildman–Crippen MR) is 129 cm³/mol. The molecule has 0 saturated carbocycles. The summed E-state index contributed by atoms with van der Waals surface area (Å²) in [5.41, 5.74) is 6.93. The molecule has 30 heavy (non-hydrogen) atoms. The average Bonchev–Trinajstić information content (AvgIpc) is 2.74. The van der Waals surface area contributed by atoms with Crippen LogP contribution in [0.3, 0.4) is 0 Å². The molecule has 0 bridgehead atoms. The van der Waals surface area contributed by atoms with E-state index >= 15 is 0 Å². The summed E-state index contributed by atoms with van der Waals surface area (Å²) in [5, 5.41) is 3.55. The number of methoxy groups -OCH3 is 1. The Kier molecular flexibility index (Phi) is 7.58. The summed E-state index contributed by atoms with van der Waals surface area (Å²) >= 11 is 3.47. The van der Waals surface area contributed by atoms with Crippen molar-refractivity contribution < 1.29 is 9.47 Å². The van der Waals surface area contributed by atoms with E-state index in [0.29, 0.717) is 19.6 Å². The Labute approximate surface area is 187 Å². The van der Waals surface area contributed by atoms with Gasteiger partial charge >= 0.3 is 0 Å². The van der Waals surface area contributed by atoms with Crippen LogP contribution in [0.4, 0.5) is 5.69 Å². The lowest BCUT2D eigenvalue weighted by Gasteiger charge is -2.18. The van der Waals surface area contributed by atoms with Crippen molar-refractivity contribution in [3.63, 3.8) is 0 Å². The fraction of sp³-hybridized carbons (Fsp3) is 0.231. The van der Waals surface area contributed by atoms with E-state index in [-0.39, 0.29) is 0 Å². The lowest BCUT2D eigenvalue weighted by atomic mass is 10.0. The third kappa shape index (κ3) is 5.67. The minimum Gasteiger partial charge on any atom is -0.493 e. The van der Waals surface area contributed by atoms with Crippen LogP contribution in [0.15, 0.2) is 71.7 Å². The molecule has 0 aliphatic carbocycles. The zero-order valence-corrected chi connectivity index (χ0v) is 19.4. The summed E-state index contributed by atoms with van der Waals surface area (Å²) in [5.74, 6) is 1.51. The standard InChI is InChI=1S/C26H28BrNO2/c1-5-6-22-14-21(16-28-24-13-18(2)7-8-19(24)3)15-25(29-4)26(22)30-17-20-9-11-23(27)12-10-20/h5,7-15,28H,1,6,16-17H2,2-4H3. The molecule has 0 aliphatic rings. The largest absolute Gasteiger partial charge is 0.493 e. The molecule has 4 heteroatoms. The van der Waals surface area contributed by atoms with Gasteiger partial charge in [0.1, 0.15) is 6.61 Å². The SMILES string of the molecule is C=CCc1cc(CNc2cc(C)ccc2C)cc(OC)c1OCc1ccc(Br)cc1. The first kappa shape index (κ1) is 22.0. The Bertz CT molecular complexity index is 1010. The molecule has 0 saturated heterocycles. The molecule has 0 aliphatic heterocycles. The molecular formula is C26H28BrNO2. The third-order valence-corrected chi connectivity index (χ3v) is 5.48. The number of aryl methyl sites for hydroxylation is 2. The van der Waals surface area contributed by atoms with Crippen LogP contribution in [0, 0.1) is 13.8 Å². The number of halogens is 1. The van der Waals surface area contributed by atoms with Crippen molar-refractivity contribution >= 4 is 21.6 Å². The highest BCUT2D eigenvalue weighted by atomic mass is 79.9. The highest BCUT2D eigenvalue weighted by Gasteiger charge is 2.13. The highest BCUT2D eigenvalue weighted by molar-refractivity contribution is 9.10. The van der Waals surface area contributed by atoms with Gasteiger partial charge in [-0.25, -0.2) is 0 Å². The number of hydrogen-bond acceptors (Lipinski definition) is 3. The van der Waals surface area contributed by atoms with Crippen LogP contribution < -0.4 is 14.8 Å². The van der Waals surface area contributed by atoms with Gasteiger partial charge in [-0.1, -0.05) is 46.3 Å². The van der Waals surface area contributed by atoms with Gasteiger partial charge in [0.05, 0.1) is 7.11 Å². The Morgan fingerprint density at radius 2 is 1.77 bits per heavy atom. The molecule has 3 aromatic carbocycles. The van der Waals surface area contributed by atoms with Gasteiger partial charge in [-0.05, 0) is 72.9 Å². The van der Waals surface area contributed by atoms with Gasteiger partial charge in [0.25, 0.3) is 0 Å². The van der Waals surface area contributed by atoms with Crippen LogP contribution >= 0.6 is 15.9 Å². The number of hydrogen-bond donors (Lipinski definition) is 1. The first-order chi connectivity index (χ1) is 14.5. The first-order valence-corrected chi connectivity index (χ1v) is 10.8. The quantitative estimate of drug-likeness (QED) is 0.345. The summed E-state index contributed by atoms with van der Waals surface area (Å²) in [6.45, 7) is 9.31. The second-order valence-corrected chi connectivity index (χ2v) is 8.28. The zero-order chi connectivity index (χ0) is 21.5. The van der Waals surface area contributed by atoms with E-state index in [1.807, 2.05) is 36.4 Å². The fourth-order valence-electron chi connectivity index (χ4n) is 3.31. The molecule has 0 heterocycles. The summed E-state index contributed by atoms with van der Waals surface area (Å²) in [7, 11) is 1.68. The van der Waals surface area contributed by atoms with Crippen LogP contribution in [0.2, 0.25) is 0 Å². The molecule has 156 valence electrons. The summed E-state index contributed by atoms with van der Waals surface area (Å²) in [4.78, 5) is 0. The molecule has 0 unspecified atom stereocenters. The van der Waals surface area contributed by atoms with Crippen LogP contribution in [0.1, 0.15) is 27.8 Å². The second-order valence-electron chi connectivity index (χ2n) is 7.37. The summed E-state index contributed by atoms with van der Waals surface area (Å²) in [6, 6.07) is 18.8. The van der Waals surface area contributed by atoms with E-state index in [4.69, 9.17) is 9.47 Å². The maximum absolute atomic E-state index is 6.18. The van der Waals surface area contributed by atoms with Gasteiger partial charge in [-0.2, -0.15) is 0 Å². The van der Waals surface area contributed by atoms with E-state index < -0.39 is 0 Å². The minimum absolute atomic E-state index is 0.480. The van der Waals surface area contributed by atoms with Crippen LogP contribution in [0.25, 0.3) is 0 Å². The van der Waals surface area contributed by atoms with Crippen molar-refractivity contribution in [2.75, 3.05) is 12.4 Å². The molecule has 3 nitrogen and oxygen atoms in total. The van der Waals surface area contributed by atoms with E-state index in [2.05, 4.69) is 65.9 Å². The lowest BCUT2D eigenvalue weighted by molar-refractivity contribution is 0.281. The average molecular weight is 466 g/mol. The molecule has 0 amide bonds. The zero-order valence-electron chi connectivity index (χ0n) is 17.8. The molecular weight excluding hydrogens is 438 g/mol. The number of rotatable bonds is 9. The van der Waals surface area contributed by atoms with Gasteiger partial charge < -0.3 is 14.8 Å². The highest BCUT2D eigenvalue weighted by Crippen LogP contribution is 2.34. The number of nitrogens with one attached hydrogen (secondary N) is 1. The van der Waals surface area contributed by atoms with Crippen molar-refractivity contribution in [1.82, 2.24) is 0 Å². The van der Waals surface area contributed by atoms with Crippen molar-refractivity contribution in [3.05, 3.63) is 99.5 Å². The molecule has 0 spiro atoms. The van der Waals surface area contributed by atoms with Gasteiger partial charge in [0.2, 0.25) is 0 Å². The van der Waals surface area contributed by atoms with Gasteiger partial charge in [0, 0.05) is 22.3 Å². The van der Waals surface area contributed by atoms with Gasteiger partial charge in [0.15, 0.2) is 11.5 Å². The molecule has 1 N–H and O–H groups in total. The Morgan fingerprint density at radius 1 is 1.00 bits per heavy atom. The Morgan fingerprint density at radius 3 is 2.47 bits per heavy atom. The minimum atomic E-state index is 0.480.